The van der Waals surface area contributed by atoms with Crippen molar-refractivity contribution in [3.63, 3.8) is 0 Å². The number of carbonyl (C=O) groups is 1. The van der Waals surface area contributed by atoms with Crippen LogP contribution in [0.1, 0.15) is 15.4 Å². The van der Waals surface area contributed by atoms with E-state index in [1.165, 1.54) is 11.3 Å². The lowest BCUT2D eigenvalue weighted by molar-refractivity contribution is 0.102. The summed E-state index contributed by atoms with van der Waals surface area (Å²) in [6.07, 6.45) is 5.17. The molecular weight excluding hydrogens is 340 g/mol. The van der Waals surface area contributed by atoms with E-state index in [2.05, 4.69) is 22.1 Å². The molecule has 0 saturated carbocycles. The summed E-state index contributed by atoms with van der Waals surface area (Å²) < 4.78 is 10.7. The van der Waals surface area contributed by atoms with E-state index in [-0.39, 0.29) is 5.91 Å². The summed E-state index contributed by atoms with van der Waals surface area (Å²) in [5, 5.41) is 11.7. The van der Waals surface area contributed by atoms with Gasteiger partial charge in [0.2, 0.25) is 5.13 Å². The molecule has 8 heteroatoms. The van der Waals surface area contributed by atoms with E-state index in [1.807, 2.05) is 0 Å². The lowest BCUT2D eigenvalue weighted by Gasteiger charge is -2.07. The molecule has 1 aromatic heterocycles. The fraction of sp³-hybridized carbons (Fsp3) is 0.235. The van der Waals surface area contributed by atoms with Crippen LogP contribution in [0.5, 0.6) is 5.75 Å². The Bertz CT molecular complexity index is 713. The van der Waals surface area contributed by atoms with E-state index in [4.69, 9.17) is 15.2 Å². The minimum absolute atomic E-state index is 0.256. The SMILES string of the molecule is C=CC=Cc1nnc(NC(=O)c2ccc(OCCOCCN)cc2)s1. The van der Waals surface area contributed by atoms with E-state index in [0.29, 0.717) is 47.8 Å². The number of carbonyl (C=O) groups excluding carboxylic acids is 1. The fourth-order valence-electron chi connectivity index (χ4n) is 1.78. The smallest absolute Gasteiger partial charge is 0.257 e. The Morgan fingerprint density at radius 3 is 2.76 bits per heavy atom. The molecule has 0 atom stereocenters. The summed E-state index contributed by atoms with van der Waals surface area (Å²) in [7, 11) is 0. The highest BCUT2D eigenvalue weighted by Gasteiger charge is 2.09. The Kier molecular flexibility index (Phi) is 7.77. The first-order chi connectivity index (χ1) is 12.2. The number of nitrogens with zero attached hydrogens (tertiary/aromatic N) is 2. The maximum absolute atomic E-state index is 12.2. The zero-order valence-electron chi connectivity index (χ0n) is 13.7. The molecule has 132 valence electrons. The topological polar surface area (TPSA) is 99.4 Å². The Morgan fingerprint density at radius 1 is 1.24 bits per heavy atom. The van der Waals surface area contributed by atoms with Gasteiger partial charge in [-0.2, -0.15) is 0 Å². The predicted molar refractivity (Wildman–Crippen MR) is 98.9 cm³/mol. The lowest BCUT2D eigenvalue weighted by Crippen LogP contribution is -2.13. The number of nitrogens with two attached hydrogens (primary N) is 1. The average molecular weight is 360 g/mol. The third-order valence-corrected chi connectivity index (χ3v) is 3.72. The largest absolute Gasteiger partial charge is 0.491 e. The number of allylic oxidation sites excluding steroid dienone is 2. The molecule has 7 nitrogen and oxygen atoms in total. The van der Waals surface area contributed by atoms with E-state index < -0.39 is 0 Å². The Hall–Kier alpha value is -2.55. The highest BCUT2D eigenvalue weighted by atomic mass is 32.1. The molecular formula is C17H20N4O3S. The fourth-order valence-corrected chi connectivity index (χ4v) is 2.43. The van der Waals surface area contributed by atoms with Gasteiger partial charge in [-0.15, -0.1) is 10.2 Å². The minimum atomic E-state index is -0.256. The number of hydrogen-bond acceptors (Lipinski definition) is 7. The zero-order chi connectivity index (χ0) is 17.9. The van der Waals surface area contributed by atoms with Crippen molar-refractivity contribution in [3.8, 4) is 5.75 Å². The molecule has 0 aliphatic carbocycles. The third-order valence-electron chi connectivity index (χ3n) is 2.91. The maximum Gasteiger partial charge on any atom is 0.257 e. The van der Waals surface area contributed by atoms with Gasteiger partial charge in [-0.3, -0.25) is 10.1 Å². The van der Waals surface area contributed by atoms with Crippen molar-refractivity contribution in [2.45, 2.75) is 0 Å². The molecule has 2 aromatic rings. The number of rotatable bonds is 10. The standard InChI is InChI=1S/C17H20N4O3S/c1-2-3-4-15-20-21-17(25-15)19-16(22)13-5-7-14(8-6-13)24-12-11-23-10-9-18/h2-8H,1,9-12,18H2,(H,19,21,22). The van der Waals surface area contributed by atoms with Crippen LogP contribution in [0, 0.1) is 0 Å². The molecule has 1 heterocycles. The van der Waals surface area contributed by atoms with Crippen molar-refractivity contribution >= 4 is 28.5 Å². The highest BCUT2D eigenvalue weighted by Crippen LogP contribution is 2.18. The second kappa shape index (κ2) is 10.3. The van der Waals surface area contributed by atoms with E-state index >= 15 is 0 Å². The van der Waals surface area contributed by atoms with Crippen molar-refractivity contribution in [1.29, 1.82) is 0 Å². The number of nitrogens with one attached hydrogen (secondary N) is 1. The molecule has 0 radical (unpaired) electrons. The van der Waals surface area contributed by atoms with Gasteiger partial charge in [0.15, 0.2) is 0 Å². The van der Waals surface area contributed by atoms with E-state index in [9.17, 15) is 4.79 Å². The van der Waals surface area contributed by atoms with Crippen molar-refractivity contribution in [2.75, 3.05) is 31.7 Å². The van der Waals surface area contributed by atoms with Gasteiger partial charge in [-0.25, -0.2) is 0 Å². The molecule has 0 fully saturated rings. The maximum atomic E-state index is 12.2. The molecule has 1 amide bonds. The minimum Gasteiger partial charge on any atom is -0.491 e. The van der Waals surface area contributed by atoms with Crippen molar-refractivity contribution in [1.82, 2.24) is 10.2 Å². The normalized spacial score (nSPS) is 10.8. The summed E-state index contributed by atoms with van der Waals surface area (Å²) >= 11 is 1.28. The number of hydrogen-bond donors (Lipinski definition) is 2. The monoisotopic (exact) mass is 360 g/mol. The van der Waals surface area contributed by atoms with Crippen molar-refractivity contribution < 1.29 is 14.3 Å². The highest BCUT2D eigenvalue weighted by molar-refractivity contribution is 7.16. The molecule has 0 bridgehead atoms. The van der Waals surface area contributed by atoms with Gasteiger partial charge in [0, 0.05) is 12.1 Å². The Labute approximate surface area is 150 Å². The summed E-state index contributed by atoms with van der Waals surface area (Å²) in [5.41, 5.74) is 5.83. The number of anilines is 1. The quantitative estimate of drug-likeness (QED) is 0.498. The second-order valence-corrected chi connectivity index (χ2v) is 5.78. The number of amides is 1. The van der Waals surface area contributed by atoms with E-state index in [1.54, 1.807) is 42.5 Å². The van der Waals surface area contributed by atoms with Crippen LogP contribution < -0.4 is 15.8 Å². The van der Waals surface area contributed by atoms with Gasteiger partial charge in [0.05, 0.1) is 13.2 Å². The van der Waals surface area contributed by atoms with Gasteiger partial charge in [-0.1, -0.05) is 30.1 Å². The first-order valence-electron chi connectivity index (χ1n) is 7.67. The third kappa shape index (κ3) is 6.46. The molecule has 0 saturated heterocycles. The first kappa shape index (κ1) is 18.8. The molecule has 2 rings (SSSR count). The summed E-state index contributed by atoms with van der Waals surface area (Å²) in [5.74, 6) is 0.411. The van der Waals surface area contributed by atoms with Gasteiger partial charge >= 0.3 is 0 Å². The Balaban J connectivity index is 1.84. The van der Waals surface area contributed by atoms with Gasteiger partial charge < -0.3 is 15.2 Å². The van der Waals surface area contributed by atoms with Crippen LogP contribution in [0.15, 0.2) is 43.0 Å². The van der Waals surface area contributed by atoms with Crippen LogP contribution in [0.4, 0.5) is 5.13 Å². The summed E-state index contributed by atoms with van der Waals surface area (Å²) in [6.45, 7) is 5.49. The van der Waals surface area contributed by atoms with Crippen molar-refractivity contribution in [2.24, 2.45) is 5.73 Å². The summed E-state index contributed by atoms with van der Waals surface area (Å²) in [6, 6.07) is 6.84. The molecule has 3 N–H and O–H groups in total. The van der Waals surface area contributed by atoms with Crippen LogP contribution in [0.3, 0.4) is 0 Å². The lowest BCUT2D eigenvalue weighted by atomic mass is 10.2. The average Bonchev–Trinajstić information content (AvgIpc) is 3.07. The van der Waals surface area contributed by atoms with Crippen LogP contribution in [-0.4, -0.2) is 42.5 Å². The molecule has 0 aliphatic rings. The summed E-state index contributed by atoms with van der Waals surface area (Å²) in [4.78, 5) is 12.2. The Morgan fingerprint density at radius 2 is 2.04 bits per heavy atom. The second-order valence-electron chi connectivity index (χ2n) is 4.77. The number of aromatic nitrogens is 2. The molecule has 0 aliphatic heterocycles. The number of benzene rings is 1. The van der Waals surface area contributed by atoms with Gasteiger partial charge in [-0.05, 0) is 30.3 Å². The molecule has 25 heavy (non-hydrogen) atoms. The molecule has 0 unspecified atom stereocenters. The predicted octanol–water partition coefficient (Wildman–Crippen LogP) is 2.34. The van der Waals surface area contributed by atoms with Gasteiger partial charge in [0.1, 0.15) is 17.4 Å². The molecule has 0 spiro atoms. The molecule has 1 aromatic carbocycles. The van der Waals surface area contributed by atoms with Crippen LogP contribution in [-0.2, 0) is 4.74 Å². The first-order valence-corrected chi connectivity index (χ1v) is 8.49. The van der Waals surface area contributed by atoms with Gasteiger partial charge in [0.25, 0.3) is 5.91 Å². The van der Waals surface area contributed by atoms with E-state index in [0.717, 1.165) is 0 Å². The van der Waals surface area contributed by atoms with Crippen molar-refractivity contribution in [3.05, 3.63) is 53.6 Å². The van der Waals surface area contributed by atoms with Crippen LogP contribution >= 0.6 is 11.3 Å². The zero-order valence-corrected chi connectivity index (χ0v) is 14.5. The number of ether oxygens (including phenoxy) is 2. The van der Waals surface area contributed by atoms with Crippen LogP contribution in [0.25, 0.3) is 6.08 Å². The van der Waals surface area contributed by atoms with Crippen LogP contribution in [0.2, 0.25) is 0 Å².